The lowest BCUT2D eigenvalue weighted by molar-refractivity contribution is 0.0600. The van der Waals surface area contributed by atoms with Crippen molar-refractivity contribution in [1.29, 1.82) is 0 Å². The number of ether oxygens (including phenoxy) is 1. The van der Waals surface area contributed by atoms with Gasteiger partial charge in [0.2, 0.25) is 0 Å². The Bertz CT molecular complexity index is 1350. The number of nitrogens with one attached hydrogen (secondary N) is 1. The second kappa shape index (κ2) is 10.5. The fourth-order valence-corrected chi connectivity index (χ4v) is 6.59. The molecule has 1 aliphatic rings. The number of benzene rings is 2. The molecule has 182 valence electrons. The van der Waals surface area contributed by atoms with Crippen LogP contribution in [-0.2, 0) is 17.7 Å². The molecule has 5 rings (SSSR count). The average molecular weight is 528 g/mol. The summed E-state index contributed by atoms with van der Waals surface area (Å²) in [4.78, 5) is 33.5. The zero-order valence-corrected chi connectivity index (χ0v) is 22.1. The maximum absolute atomic E-state index is 13.2. The van der Waals surface area contributed by atoms with E-state index in [2.05, 4.69) is 30.1 Å². The van der Waals surface area contributed by atoms with Crippen molar-refractivity contribution >= 4 is 62.2 Å². The van der Waals surface area contributed by atoms with E-state index >= 15 is 0 Å². The molecule has 0 atom stereocenters. The Morgan fingerprint density at radius 1 is 1.06 bits per heavy atom. The zero-order chi connectivity index (χ0) is 23.8. The van der Waals surface area contributed by atoms with Crippen molar-refractivity contribution < 1.29 is 14.3 Å². The molecule has 4 aromatic rings. The van der Waals surface area contributed by atoms with Gasteiger partial charge in [0.25, 0.3) is 5.91 Å². The predicted molar refractivity (Wildman–Crippen MR) is 145 cm³/mol. The topological polar surface area (TPSA) is 71.5 Å². The molecule has 0 saturated carbocycles. The van der Waals surface area contributed by atoms with E-state index in [1.54, 1.807) is 46.9 Å². The molecule has 3 heterocycles. The summed E-state index contributed by atoms with van der Waals surface area (Å²) >= 11 is 3.30. The molecule has 0 radical (unpaired) electrons. The maximum Gasteiger partial charge on any atom is 0.337 e. The summed E-state index contributed by atoms with van der Waals surface area (Å²) < 4.78 is 5.88. The van der Waals surface area contributed by atoms with Gasteiger partial charge >= 0.3 is 5.97 Å². The van der Waals surface area contributed by atoms with Crippen LogP contribution in [0.3, 0.4) is 0 Å². The van der Waals surface area contributed by atoms with Crippen LogP contribution < -0.4 is 5.32 Å². The summed E-state index contributed by atoms with van der Waals surface area (Å²) in [5.74, 6) is -0.635. The van der Waals surface area contributed by atoms with Crippen LogP contribution in [0.15, 0.2) is 48.5 Å². The second-order valence-electron chi connectivity index (χ2n) is 8.53. The minimum absolute atomic E-state index is 0. The Hall–Kier alpha value is -2.78. The van der Waals surface area contributed by atoms with Crippen molar-refractivity contribution in [3.8, 4) is 10.6 Å². The van der Waals surface area contributed by atoms with Gasteiger partial charge in [0.15, 0.2) is 0 Å². The fourth-order valence-electron chi connectivity index (χ4n) is 4.21. The maximum atomic E-state index is 13.2. The number of rotatable bonds is 5. The molecular formula is C26H26ClN3O3S2. The van der Waals surface area contributed by atoms with E-state index in [0.29, 0.717) is 17.2 Å². The van der Waals surface area contributed by atoms with Crippen molar-refractivity contribution in [3.63, 3.8) is 0 Å². The summed E-state index contributed by atoms with van der Waals surface area (Å²) in [5, 5.41) is 4.91. The number of hydrogen-bond donors (Lipinski definition) is 1. The second-order valence-corrected chi connectivity index (χ2v) is 10.7. The van der Waals surface area contributed by atoms with Crippen molar-refractivity contribution in [2.24, 2.45) is 0 Å². The van der Waals surface area contributed by atoms with Crippen molar-refractivity contribution in [2.45, 2.75) is 32.9 Å². The van der Waals surface area contributed by atoms with Crippen molar-refractivity contribution in [2.75, 3.05) is 19.0 Å². The minimum Gasteiger partial charge on any atom is -0.465 e. The van der Waals surface area contributed by atoms with Gasteiger partial charge in [-0.1, -0.05) is 12.1 Å². The number of aromatic nitrogens is 1. The molecular weight excluding hydrogens is 502 g/mol. The van der Waals surface area contributed by atoms with Crippen molar-refractivity contribution in [1.82, 2.24) is 9.88 Å². The molecule has 0 bridgehead atoms. The van der Waals surface area contributed by atoms with E-state index in [0.717, 1.165) is 45.3 Å². The van der Waals surface area contributed by atoms with E-state index in [9.17, 15) is 9.59 Å². The van der Waals surface area contributed by atoms with Crippen LogP contribution in [0.1, 0.15) is 45.0 Å². The Morgan fingerprint density at radius 2 is 1.77 bits per heavy atom. The Labute approximate surface area is 218 Å². The number of amides is 1. The zero-order valence-electron chi connectivity index (χ0n) is 19.7. The third-order valence-electron chi connectivity index (χ3n) is 6.12. The molecule has 35 heavy (non-hydrogen) atoms. The number of anilines is 1. The first kappa shape index (κ1) is 25.3. The van der Waals surface area contributed by atoms with Crippen LogP contribution in [-0.4, -0.2) is 41.5 Å². The fraction of sp³-hybridized carbons (Fsp3) is 0.269. The van der Waals surface area contributed by atoms with Crippen LogP contribution >= 0.6 is 35.1 Å². The van der Waals surface area contributed by atoms with Crippen LogP contribution in [0, 0.1) is 0 Å². The lowest BCUT2D eigenvalue weighted by Gasteiger charge is -2.30. The number of nitrogens with zero attached hydrogens (tertiary/aromatic N) is 2. The molecule has 2 aromatic carbocycles. The number of hydrogen-bond acceptors (Lipinski definition) is 7. The monoisotopic (exact) mass is 527 g/mol. The van der Waals surface area contributed by atoms with E-state index in [-0.39, 0.29) is 18.3 Å². The smallest absolute Gasteiger partial charge is 0.337 e. The summed E-state index contributed by atoms with van der Waals surface area (Å²) in [7, 11) is 1.34. The molecule has 6 nitrogen and oxygen atoms in total. The van der Waals surface area contributed by atoms with Crippen molar-refractivity contribution in [3.05, 3.63) is 70.1 Å². The Kier molecular flexibility index (Phi) is 7.56. The number of methoxy groups -OCH3 is 1. The number of thiazole rings is 1. The molecule has 0 saturated heterocycles. The van der Waals surface area contributed by atoms with Crippen LogP contribution in [0.5, 0.6) is 0 Å². The SMILES string of the molecule is COC(=O)c1ccc(C(=O)Nc2sc3c(c2-c2nc4ccccc4s2)CCN(C(C)C)C3)cc1.Cl. The lowest BCUT2D eigenvalue weighted by atomic mass is 10.0. The number of carbonyl (C=O) groups is 2. The quantitative estimate of drug-likeness (QED) is 0.310. The summed E-state index contributed by atoms with van der Waals surface area (Å²) in [6.45, 7) is 6.29. The molecule has 0 unspecified atom stereocenters. The van der Waals surface area contributed by atoms with Gasteiger partial charge in [-0.3, -0.25) is 9.69 Å². The van der Waals surface area contributed by atoms with E-state index in [4.69, 9.17) is 9.72 Å². The van der Waals surface area contributed by atoms with E-state index in [1.807, 2.05) is 18.2 Å². The standard InChI is InChI=1S/C26H25N3O3S2.ClH/c1-15(2)29-13-12-18-21(14-29)34-25(22(18)24-27-19-6-4-5-7-20(19)33-24)28-23(30)16-8-10-17(11-9-16)26(31)32-3;/h4-11,15H,12-14H2,1-3H3,(H,28,30);1H. The van der Waals surface area contributed by atoms with Gasteiger partial charge in [0, 0.05) is 35.1 Å². The first-order valence-electron chi connectivity index (χ1n) is 11.2. The van der Waals surface area contributed by atoms with Gasteiger partial charge in [0.05, 0.1) is 22.9 Å². The number of fused-ring (bicyclic) bond motifs is 2. The van der Waals surface area contributed by atoms with Gasteiger partial charge in [-0.05, 0) is 62.2 Å². The lowest BCUT2D eigenvalue weighted by Crippen LogP contribution is -2.35. The van der Waals surface area contributed by atoms with Crippen LogP contribution in [0.25, 0.3) is 20.8 Å². The minimum atomic E-state index is -0.425. The molecule has 0 aliphatic carbocycles. The van der Waals surface area contributed by atoms with E-state index in [1.165, 1.54) is 17.6 Å². The molecule has 1 aliphatic heterocycles. The highest BCUT2D eigenvalue weighted by Crippen LogP contribution is 2.46. The largest absolute Gasteiger partial charge is 0.465 e. The highest BCUT2D eigenvalue weighted by atomic mass is 35.5. The van der Waals surface area contributed by atoms with Gasteiger partial charge in [0.1, 0.15) is 10.0 Å². The highest BCUT2D eigenvalue weighted by molar-refractivity contribution is 7.23. The number of esters is 1. The van der Waals surface area contributed by atoms with Crippen LogP contribution in [0.2, 0.25) is 0 Å². The number of carbonyl (C=O) groups excluding carboxylic acids is 2. The molecule has 0 fully saturated rings. The third-order valence-corrected chi connectivity index (χ3v) is 8.31. The number of halogens is 1. The molecule has 1 N–H and O–H groups in total. The predicted octanol–water partition coefficient (Wildman–Crippen LogP) is 6.25. The summed E-state index contributed by atoms with van der Waals surface area (Å²) in [5.41, 5.74) is 4.20. The average Bonchev–Trinajstić information content (AvgIpc) is 3.43. The third kappa shape index (κ3) is 4.97. The van der Waals surface area contributed by atoms with Gasteiger partial charge < -0.3 is 10.1 Å². The Balaban J connectivity index is 0.00000289. The first-order valence-corrected chi connectivity index (χ1v) is 12.8. The Morgan fingerprint density at radius 3 is 2.46 bits per heavy atom. The highest BCUT2D eigenvalue weighted by Gasteiger charge is 2.28. The van der Waals surface area contributed by atoms with Gasteiger partial charge in [-0.15, -0.1) is 35.1 Å². The van der Waals surface area contributed by atoms with Crippen LogP contribution in [0.4, 0.5) is 5.00 Å². The van der Waals surface area contributed by atoms with Gasteiger partial charge in [-0.25, -0.2) is 9.78 Å². The van der Waals surface area contributed by atoms with E-state index < -0.39 is 5.97 Å². The first-order chi connectivity index (χ1) is 16.4. The van der Waals surface area contributed by atoms with Gasteiger partial charge in [-0.2, -0.15) is 0 Å². The summed E-state index contributed by atoms with van der Waals surface area (Å²) in [6, 6.07) is 15.1. The number of para-hydroxylation sites is 1. The normalized spacial score (nSPS) is 13.4. The molecule has 1 amide bonds. The summed E-state index contributed by atoms with van der Waals surface area (Å²) in [6.07, 6.45) is 0.930. The molecule has 0 spiro atoms. The molecule has 9 heteroatoms. The molecule has 2 aromatic heterocycles. The number of thiophene rings is 1.